The number of rotatable bonds is 6. The number of aromatic hydroxyl groups is 2. The third kappa shape index (κ3) is 6.24. The maximum Gasteiger partial charge on any atom is 0.159 e. The molecule has 0 aromatic heterocycles. The molecule has 0 saturated carbocycles. The zero-order chi connectivity index (χ0) is 29.6. The first kappa shape index (κ1) is 27.9. The molecule has 6 rings (SSSR count). The predicted molar refractivity (Wildman–Crippen MR) is 164 cm³/mol. The van der Waals surface area contributed by atoms with Crippen molar-refractivity contribution in [2.45, 2.75) is 13.8 Å². The highest BCUT2D eigenvalue weighted by Crippen LogP contribution is 2.36. The molecule has 0 aliphatic heterocycles. The molecule has 6 heteroatoms. The van der Waals surface area contributed by atoms with Gasteiger partial charge >= 0.3 is 0 Å². The average Bonchev–Trinajstić information content (AvgIpc) is 2.99. The highest BCUT2D eigenvalue weighted by Gasteiger charge is 2.10. The average molecular weight is 557 g/mol. The SMILES string of the molecule is CC(=O)c1ccc(Oc2cccc3c(Oc4ccc(C(C)=O)cc4)cccc23)cc1.Oc1cccc2c(O)cccc12. The summed E-state index contributed by atoms with van der Waals surface area (Å²) in [5, 5.41) is 21.9. The summed E-state index contributed by atoms with van der Waals surface area (Å²) in [7, 11) is 0. The molecule has 0 bridgehead atoms. The summed E-state index contributed by atoms with van der Waals surface area (Å²) < 4.78 is 12.1. The molecule has 208 valence electrons. The number of carbonyl (C=O) groups excluding carboxylic acids is 2. The van der Waals surface area contributed by atoms with Gasteiger partial charge in [-0.1, -0.05) is 48.5 Å². The zero-order valence-corrected chi connectivity index (χ0v) is 23.1. The van der Waals surface area contributed by atoms with Gasteiger partial charge in [0.1, 0.15) is 34.5 Å². The van der Waals surface area contributed by atoms with E-state index in [1.165, 1.54) is 13.8 Å². The van der Waals surface area contributed by atoms with Crippen LogP contribution in [0.3, 0.4) is 0 Å². The van der Waals surface area contributed by atoms with Gasteiger partial charge in [0.15, 0.2) is 11.6 Å². The Kier molecular flexibility index (Phi) is 8.16. The van der Waals surface area contributed by atoms with Gasteiger partial charge in [-0.15, -0.1) is 0 Å². The van der Waals surface area contributed by atoms with Crippen molar-refractivity contribution in [2.24, 2.45) is 0 Å². The van der Waals surface area contributed by atoms with Crippen molar-refractivity contribution in [3.63, 3.8) is 0 Å². The number of fused-ring (bicyclic) bond motifs is 2. The molecule has 0 aliphatic rings. The number of carbonyl (C=O) groups is 2. The molecule has 0 atom stereocenters. The number of Topliss-reactive ketones (excluding diaryl/α,β-unsaturated/α-hetero) is 2. The minimum Gasteiger partial charge on any atom is -0.507 e. The van der Waals surface area contributed by atoms with Gasteiger partial charge in [-0.05, 0) is 86.6 Å². The lowest BCUT2D eigenvalue weighted by Gasteiger charge is -2.13. The van der Waals surface area contributed by atoms with Crippen LogP contribution in [0.15, 0.2) is 121 Å². The lowest BCUT2D eigenvalue weighted by Crippen LogP contribution is -1.93. The fourth-order valence-electron chi connectivity index (χ4n) is 4.48. The summed E-state index contributed by atoms with van der Waals surface area (Å²) in [5.74, 6) is 3.12. The van der Waals surface area contributed by atoms with Crippen LogP contribution < -0.4 is 9.47 Å². The summed E-state index contributed by atoms with van der Waals surface area (Å²) in [6.45, 7) is 3.07. The van der Waals surface area contributed by atoms with Crippen LogP contribution in [0.1, 0.15) is 34.6 Å². The van der Waals surface area contributed by atoms with Gasteiger partial charge < -0.3 is 19.7 Å². The summed E-state index contributed by atoms with van der Waals surface area (Å²) in [6, 6.07) is 35.8. The molecule has 0 amide bonds. The van der Waals surface area contributed by atoms with Crippen molar-refractivity contribution in [1.82, 2.24) is 0 Å². The molecule has 6 aromatic carbocycles. The first-order valence-corrected chi connectivity index (χ1v) is 13.3. The van der Waals surface area contributed by atoms with E-state index in [4.69, 9.17) is 9.47 Å². The standard InChI is InChI=1S/C26H20O4.C10H8O2/c1-17(27)19-9-13-21(14-10-19)29-25-7-3-6-24-23(25)5-4-8-26(24)30-22-15-11-20(12-16-22)18(2)28;11-9-5-1-3-7-8(9)4-2-6-10(7)12/h3-16H,1-2H3;1-6,11-12H. The molecule has 0 saturated heterocycles. The Balaban J connectivity index is 0.000000244. The number of ether oxygens (including phenoxy) is 2. The van der Waals surface area contributed by atoms with Crippen molar-refractivity contribution < 1.29 is 29.3 Å². The molecule has 0 heterocycles. The summed E-state index contributed by atoms with van der Waals surface area (Å²) in [5.41, 5.74) is 1.29. The molecule has 6 aromatic rings. The van der Waals surface area contributed by atoms with E-state index in [9.17, 15) is 19.8 Å². The maximum atomic E-state index is 11.5. The molecular formula is C36H28O6. The largest absolute Gasteiger partial charge is 0.507 e. The van der Waals surface area contributed by atoms with E-state index < -0.39 is 0 Å². The van der Waals surface area contributed by atoms with Gasteiger partial charge in [-0.25, -0.2) is 0 Å². The monoisotopic (exact) mass is 556 g/mol. The fraction of sp³-hybridized carbons (Fsp3) is 0.0556. The van der Waals surface area contributed by atoms with Crippen molar-refractivity contribution in [3.05, 3.63) is 132 Å². The second-order valence-electron chi connectivity index (χ2n) is 9.62. The van der Waals surface area contributed by atoms with E-state index in [1.54, 1.807) is 84.9 Å². The first-order chi connectivity index (χ1) is 20.3. The van der Waals surface area contributed by atoms with Crippen LogP contribution in [0.5, 0.6) is 34.5 Å². The molecule has 2 N–H and O–H groups in total. The van der Waals surface area contributed by atoms with Crippen LogP contribution in [0.2, 0.25) is 0 Å². The van der Waals surface area contributed by atoms with Crippen LogP contribution in [0.25, 0.3) is 21.5 Å². The molecule has 42 heavy (non-hydrogen) atoms. The van der Waals surface area contributed by atoms with Gasteiger partial charge in [0.2, 0.25) is 0 Å². The zero-order valence-electron chi connectivity index (χ0n) is 23.1. The van der Waals surface area contributed by atoms with Crippen LogP contribution >= 0.6 is 0 Å². The van der Waals surface area contributed by atoms with E-state index >= 15 is 0 Å². The lowest BCUT2D eigenvalue weighted by molar-refractivity contribution is 0.100. The molecule has 0 unspecified atom stereocenters. The molecular weight excluding hydrogens is 528 g/mol. The third-order valence-electron chi connectivity index (χ3n) is 6.70. The van der Waals surface area contributed by atoms with Gasteiger partial charge in [0, 0.05) is 32.7 Å². The number of ketones is 2. The van der Waals surface area contributed by atoms with Crippen molar-refractivity contribution in [2.75, 3.05) is 0 Å². The van der Waals surface area contributed by atoms with Crippen LogP contribution in [0.4, 0.5) is 0 Å². The van der Waals surface area contributed by atoms with Gasteiger partial charge in [0.05, 0.1) is 0 Å². The number of phenols is 2. The van der Waals surface area contributed by atoms with E-state index in [0.29, 0.717) is 44.9 Å². The van der Waals surface area contributed by atoms with Crippen molar-refractivity contribution in [3.8, 4) is 34.5 Å². The second kappa shape index (κ2) is 12.3. The Bertz CT molecular complexity index is 1750. The smallest absolute Gasteiger partial charge is 0.159 e. The Hall–Kier alpha value is -5.62. The quantitative estimate of drug-likeness (QED) is 0.199. The van der Waals surface area contributed by atoms with E-state index in [0.717, 1.165) is 10.8 Å². The second-order valence-corrected chi connectivity index (χ2v) is 9.62. The summed E-state index contributed by atoms with van der Waals surface area (Å²) >= 11 is 0. The maximum absolute atomic E-state index is 11.5. The highest BCUT2D eigenvalue weighted by molar-refractivity contribution is 5.95. The predicted octanol–water partition coefficient (Wildman–Crippen LogP) is 9.08. The number of hydrogen-bond donors (Lipinski definition) is 2. The first-order valence-electron chi connectivity index (χ1n) is 13.3. The van der Waals surface area contributed by atoms with Crippen molar-refractivity contribution >= 4 is 33.1 Å². The van der Waals surface area contributed by atoms with Gasteiger partial charge in [0.25, 0.3) is 0 Å². The normalized spacial score (nSPS) is 10.5. The summed E-state index contributed by atoms with van der Waals surface area (Å²) in [6.07, 6.45) is 0. The molecule has 0 spiro atoms. The van der Waals surface area contributed by atoms with Crippen LogP contribution in [0, 0.1) is 0 Å². The fourth-order valence-corrected chi connectivity index (χ4v) is 4.48. The third-order valence-corrected chi connectivity index (χ3v) is 6.70. The Morgan fingerprint density at radius 2 is 0.786 bits per heavy atom. The minimum atomic E-state index is 0.0184. The van der Waals surface area contributed by atoms with E-state index in [-0.39, 0.29) is 23.1 Å². The molecule has 6 nitrogen and oxygen atoms in total. The van der Waals surface area contributed by atoms with Crippen LogP contribution in [-0.2, 0) is 0 Å². The number of benzene rings is 6. The lowest BCUT2D eigenvalue weighted by atomic mass is 10.1. The topological polar surface area (TPSA) is 93.1 Å². The van der Waals surface area contributed by atoms with E-state index in [2.05, 4.69) is 0 Å². The number of hydrogen-bond acceptors (Lipinski definition) is 6. The number of phenolic OH excluding ortho intramolecular Hbond substituents is 2. The molecule has 0 fully saturated rings. The molecule has 0 radical (unpaired) electrons. The van der Waals surface area contributed by atoms with Gasteiger partial charge in [-0.2, -0.15) is 0 Å². The van der Waals surface area contributed by atoms with Gasteiger partial charge in [-0.3, -0.25) is 9.59 Å². The van der Waals surface area contributed by atoms with Crippen molar-refractivity contribution in [1.29, 1.82) is 0 Å². The summed E-state index contributed by atoms with van der Waals surface area (Å²) in [4.78, 5) is 22.9. The Morgan fingerprint density at radius 3 is 1.14 bits per heavy atom. The van der Waals surface area contributed by atoms with Crippen LogP contribution in [-0.4, -0.2) is 21.8 Å². The highest BCUT2D eigenvalue weighted by atomic mass is 16.5. The Morgan fingerprint density at radius 1 is 0.452 bits per heavy atom. The minimum absolute atomic E-state index is 0.0184. The molecule has 0 aliphatic carbocycles. The van der Waals surface area contributed by atoms with E-state index in [1.807, 2.05) is 36.4 Å². The Labute approximate surface area is 243 Å².